The normalized spacial score (nSPS) is 14.2. The zero-order valence-corrected chi connectivity index (χ0v) is 19.5. The van der Waals surface area contributed by atoms with Gasteiger partial charge in [-0.2, -0.15) is 0 Å². The molecular formula is C28H29N5O. The summed E-state index contributed by atoms with van der Waals surface area (Å²) in [6.07, 6.45) is 8.71. The van der Waals surface area contributed by atoms with Crippen LogP contribution in [-0.4, -0.2) is 33.0 Å². The first kappa shape index (κ1) is 22.0. The van der Waals surface area contributed by atoms with Crippen molar-refractivity contribution in [2.45, 2.75) is 32.8 Å². The molecule has 1 aliphatic rings. The molecule has 0 unspecified atom stereocenters. The molecule has 34 heavy (non-hydrogen) atoms. The second kappa shape index (κ2) is 10.4. The van der Waals surface area contributed by atoms with Crippen LogP contribution in [0, 0.1) is 12.8 Å². The number of benzene rings is 2. The van der Waals surface area contributed by atoms with Crippen LogP contribution in [0.5, 0.6) is 5.75 Å². The predicted molar refractivity (Wildman–Crippen MR) is 134 cm³/mol. The maximum atomic E-state index is 5.92. The molecule has 0 amide bonds. The minimum absolute atomic E-state index is 0.525. The highest BCUT2D eigenvalue weighted by Gasteiger charge is 2.22. The number of hydrogen-bond acceptors (Lipinski definition) is 6. The zero-order chi connectivity index (χ0) is 23.2. The monoisotopic (exact) mass is 451 g/mol. The van der Waals surface area contributed by atoms with Gasteiger partial charge in [-0.25, -0.2) is 19.9 Å². The van der Waals surface area contributed by atoms with E-state index in [4.69, 9.17) is 9.72 Å². The number of rotatable bonds is 7. The zero-order valence-electron chi connectivity index (χ0n) is 19.5. The fraction of sp³-hybridized carbons (Fsp3) is 0.286. The Bertz CT molecular complexity index is 1190. The molecule has 1 saturated heterocycles. The van der Waals surface area contributed by atoms with Gasteiger partial charge in [0, 0.05) is 37.5 Å². The van der Waals surface area contributed by atoms with Crippen molar-refractivity contribution in [2.24, 2.45) is 5.92 Å². The van der Waals surface area contributed by atoms with Crippen LogP contribution in [-0.2, 0) is 13.0 Å². The molecule has 1 fully saturated rings. The first-order valence-corrected chi connectivity index (χ1v) is 11.9. The van der Waals surface area contributed by atoms with E-state index in [1.165, 1.54) is 0 Å². The first-order chi connectivity index (χ1) is 16.7. The molecule has 0 radical (unpaired) electrons. The van der Waals surface area contributed by atoms with Crippen LogP contribution in [0.4, 0.5) is 5.95 Å². The second-order valence-electron chi connectivity index (χ2n) is 8.78. The number of aryl methyl sites for hydroxylation is 1. The lowest BCUT2D eigenvalue weighted by molar-refractivity contribution is 0.300. The predicted octanol–water partition coefficient (Wildman–Crippen LogP) is 5.28. The molecule has 2 aromatic carbocycles. The Morgan fingerprint density at radius 3 is 2.18 bits per heavy atom. The molecule has 0 N–H and O–H groups in total. The van der Waals surface area contributed by atoms with E-state index in [2.05, 4.69) is 44.1 Å². The number of ether oxygens (including phenoxy) is 1. The standard InChI is InChI=1S/C28H29N5O/c1-21-26(34-20-23-8-4-2-5-9-23)19-29-27(32-21)16-22-12-14-33(15-13-22)28-30-17-25(18-31-28)24-10-6-3-7-11-24/h2-11,17-19,22H,12-16,20H2,1H3. The van der Waals surface area contributed by atoms with Crippen LogP contribution in [0.3, 0.4) is 0 Å². The molecule has 0 bridgehead atoms. The van der Waals surface area contributed by atoms with Crippen LogP contribution in [0.1, 0.15) is 29.9 Å². The van der Waals surface area contributed by atoms with Gasteiger partial charge in [0.05, 0.1) is 11.9 Å². The molecular weight excluding hydrogens is 422 g/mol. The second-order valence-corrected chi connectivity index (χ2v) is 8.78. The third-order valence-electron chi connectivity index (χ3n) is 6.34. The molecule has 5 rings (SSSR count). The Morgan fingerprint density at radius 2 is 1.50 bits per heavy atom. The van der Waals surface area contributed by atoms with Crippen molar-refractivity contribution in [3.05, 3.63) is 96.3 Å². The summed E-state index contributed by atoms with van der Waals surface area (Å²) in [5.41, 5.74) is 4.21. The van der Waals surface area contributed by atoms with Gasteiger partial charge in [0.1, 0.15) is 12.4 Å². The minimum atomic E-state index is 0.525. The van der Waals surface area contributed by atoms with Gasteiger partial charge < -0.3 is 9.64 Å². The smallest absolute Gasteiger partial charge is 0.225 e. The fourth-order valence-corrected chi connectivity index (χ4v) is 4.34. The van der Waals surface area contributed by atoms with Crippen LogP contribution in [0.15, 0.2) is 79.3 Å². The van der Waals surface area contributed by atoms with E-state index >= 15 is 0 Å². The van der Waals surface area contributed by atoms with E-state index < -0.39 is 0 Å². The lowest BCUT2D eigenvalue weighted by atomic mass is 9.93. The van der Waals surface area contributed by atoms with Gasteiger partial charge in [-0.1, -0.05) is 60.7 Å². The largest absolute Gasteiger partial charge is 0.485 e. The minimum Gasteiger partial charge on any atom is -0.485 e. The molecule has 0 spiro atoms. The SMILES string of the molecule is Cc1nc(CC2CCN(c3ncc(-c4ccccc4)cn3)CC2)ncc1OCc1ccccc1. The summed E-state index contributed by atoms with van der Waals surface area (Å²) in [5, 5.41) is 0. The Balaban J connectivity index is 1.13. The molecule has 0 saturated carbocycles. The van der Waals surface area contributed by atoms with Gasteiger partial charge in [0.25, 0.3) is 0 Å². The van der Waals surface area contributed by atoms with E-state index in [1.807, 2.05) is 61.9 Å². The van der Waals surface area contributed by atoms with Crippen molar-refractivity contribution in [1.82, 2.24) is 19.9 Å². The highest BCUT2D eigenvalue weighted by molar-refractivity contribution is 5.61. The Labute approximate surface area is 200 Å². The number of nitrogens with zero attached hydrogens (tertiary/aromatic N) is 5. The third kappa shape index (κ3) is 5.39. The topological polar surface area (TPSA) is 64.0 Å². The van der Waals surface area contributed by atoms with Crippen LogP contribution >= 0.6 is 0 Å². The number of aromatic nitrogens is 4. The Morgan fingerprint density at radius 1 is 0.824 bits per heavy atom. The van der Waals surface area contributed by atoms with Crippen molar-refractivity contribution in [3.8, 4) is 16.9 Å². The summed E-state index contributed by atoms with van der Waals surface area (Å²) < 4.78 is 5.92. The maximum Gasteiger partial charge on any atom is 0.225 e. The summed E-state index contributed by atoms with van der Waals surface area (Å²) in [6.45, 7) is 4.42. The summed E-state index contributed by atoms with van der Waals surface area (Å²) in [4.78, 5) is 20.8. The van der Waals surface area contributed by atoms with E-state index in [0.717, 1.165) is 72.3 Å². The molecule has 3 heterocycles. The van der Waals surface area contributed by atoms with Crippen molar-refractivity contribution in [2.75, 3.05) is 18.0 Å². The Hall–Kier alpha value is -3.80. The van der Waals surface area contributed by atoms with Crippen LogP contribution in [0.2, 0.25) is 0 Å². The van der Waals surface area contributed by atoms with Crippen LogP contribution < -0.4 is 9.64 Å². The fourth-order valence-electron chi connectivity index (χ4n) is 4.34. The van der Waals surface area contributed by atoms with Gasteiger partial charge >= 0.3 is 0 Å². The number of anilines is 1. The molecule has 1 aliphatic heterocycles. The summed E-state index contributed by atoms with van der Waals surface area (Å²) in [6, 6.07) is 20.4. The molecule has 2 aromatic heterocycles. The number of piperidine rings is 1. The highest BCUT2D eigenvalue weighted by atomic mass is 16.5. The Kier molecular flexibility index (Phi) is 6.75. The number of hydrogen-bond donors (Lipinski definition) is 0. The lowest BCUT2D eigenvalue weighted by Crippen LogP contribution is -2.35. The molecule has 6 heteroatoms. The molecule has 6 nitrogen and oxygen atoms in total. The molecule has 172 valence electrons. The van der Waals surface area contributed by atoms with Crippen molar-refractivity contribution >= 4 is 5.95 Å². The van der Waals surface area contributed by atoms with E-state index in [0.29, 0.717) is 12.5 Å². The van der Waals surface area contributed by atoms with Gasteiger partial charge in [0.15, 0.2) is 5.75 Å². The third-order valence-corrected chi connectivity index (χ3v) is 6.34. The molecule has 0 atom stereocenters. The lowest BCUT2D eigenvalue weighted by Gasteiger charge is -2.31. The molecule has 0 aliphatic carbocycles. The summed E-state index contributed by atoms with van der Waals surface area (Å²) >= 11 is 0. The van der Waals surface area contributed by atoms with Crippen LogP contribution in [0.25, 0.3) is 11.1 Å². The van der Waals surface area contributed by atoms with Gasteiger partial charge in [-0.3, -0.25) is 0 Å². The summed E-state index contributed by atoms with van der Waals surface area (Å²) in [7, 11) is 0. The van der Waals surface area contributed by atoms with Gasteiger partial charge in [-0.15, -0.1) is 0 Å². The average molecular weight is 452 g/mol. The van der Waals surface area contributed by atoms with Gasteiger partial charge in [0.2, 0.25) is 5.95 Å². The maximum absolute atomic E-state index is 5.92. The van der Waals surface area contributed by atoms with E-state index in [9.17, 15) is 0 Å². The first-order valence-electron chi connectivity index (χ1n) is 11.9. The summed E-state index contributed by atoms with van der Waals surface area (Å²) in [5.74, 6) is 3.02. The van der Waals surface area contributed by atoms with Crippen molar-refractivity contribution in [1.29, 1.82) is 0 Å². The van der Waals surface area contributed by atoms with Gasteiger partial charge in [-0.05, 0) is 36.8 Å². The van der Waals surface area contributed by atoms with Crippen molar-refractivity contribution < 1.29 is 4.74 Å². The average Bonchev–Trinajstić information content (AvgIpc) is 2.90. The highest BCUT2D eigenvalue weighted by Crippen LogP contribution is 2.25. The van der Waals surface area contributed by atoms with E-state index in [1.54, 1.807) is 0 Å². The van der Waals surface area contributed by atoms with Crippen molar-refractivity contribution in [3.63, 3.8) is 0 Å². The van der Waals surface area contributed by atoms with E-state index in [-0.39, 0.29) is 0 Å². The quantitative estimate of drug-likeness (QED) is 0.381. The molecule has 4 aromatic rings.